The molecular weight excluding hydrogens is 164 g/mol. The number of nitrogens with two attached hydrogens (primary N) is 1. The standard InChI is InChI=1S/C10H16N2O/c1-2-10(13)7-12-9-5-3-8(11)4-6-9/h3-6,10,12-13H,2,7,11H2,1H3. The van der Waals surface area contributed by atoms with Crippen LogP contribution in [0.3, 0.4) is 0 Å². The quantitative estimate of drug-likeness (QED) is 0.615. The zero-order valence-corrected chi connectivity index (χ0v) is 7.83. The van der Waals surface area contributed by atoms with Crippen LogP contribution in [0.4, 0.5) is 11.4 Å². The van der Waals surface area contributed by atoms with Crippen LogP contribution in [0.2, 0.25) is 0 Å². The maximum Gasteiger partial charge on any atom is 0.0709 e. The van der Waals surface area contributed by atoms with Crippen LogP contribution in [0.25, 0.3) is 0 Å². The lowest BCUT2D eigenvalue weighted by Gasteiger charge is -2.10. The van der Waals surface area contributed by atoms with Crippen LogP contribution < -0.4 is 11.1 Å². The fraction of sp³-hybridized carbons (Fsp3) is 0.400. The van der Waals surface area contributed by atoms with Gasteiger partial charge in [0, 0.05) is 17.9 Å². The van der Waals surface area contributed by atoms with Crippen LogP contribution in [0, 0.1) is 0 Å². The number of hydrogen-bond acceptors (Lipinski definition) is 3. The summed E-state index contributed by atoms with van der Waals surface area (Å²) in [5.74, 6) is 0. The Balaban J connectivity index is 2.41. The minimum absolute atomic E-state index is 0.280. The van der Waals surface area contributed by atoms with Crippen molar-refractivity contribution in [1.29, 1.82) is 0 Å². The van der Waals surface area contributed by atoms with Crippen molar-refractivity contribution in [2.75, 3.05) is 17.6 Å². The Morgan fingerprint density at radius 2 is 2.00 bits per heavy atom. The number of aliphatic hydroxyl groups excluding tert-OH is 1. The second-order valence-electron chi connectivity index (χ2n) is 3.06. The van der Waals surface area contributed by atoms with Gasteiger partial charge in [0.25, 0.3) is 0 Å². The number of anilines is 2. The number of aliphatic hydroxyl groups is 1. The monoisotopic (exact) mass is 180 g/mol. The van der Waals surface area contributed by atoms with Crippen molar-refractivity contribution in [2.24, 2.45) is 0 Å². The Bertz CT molecular complexity index is 246. The molecule has 1 atom stereocenters. The van der Waals surface area contributed by atoms with E-state index in [2.05, 4.69) is 5.32 Å². The second kappa shape index (κ2) is 4.72. The molecule has 0 saturated heterocycles. The lowest BCUT2D eigenvalue weighted by Crippen LogP contribution is -2.18. The molecule has 0 aliphatic rings. The molecule has 1 unspecified atom stereocenters. The normalized spacial score (nSPS) is 12.5. The maximum atomic E-state index is 9.29. The average molecular weight is 180 g/mol. The van der Waals surface area contributed by atoms with Crippen LogP contribution in [-0.2, 0) is 0 Å². The predicted octanol–water partition coefficient (Wildman–Crippen LogP) is 1.45. The van der Waals surface area contributed by atoms with Crippen LogP contribution in [0.15, 0.2) is 24.3 Å². The summed E-state index contributed by atoms with van der Waals surface area (Å²) in [6.07, 6.45) is 0.486. The van der Waals surface area contributed by atoms with Crippen LogP contribution in [0.5, 0.6) is 0 Å². The maximum absolute atomic E-state index is 9.29. The topological polar surface area (TPSA) is 58.3 Å². The number of hydrogen-bond donors (Lipinski definition) is 3. The van der Waals surface area contributed by atoms with Gasteiger partial charge in [0.05, 0.1) is 6.10 Å². The van der Waals surface area contributed by atoms with Gasteiger partial charge in [-0.25, -0.2) is 0 Å². The lowest BCUT2D eigenvalue weighted by atomic mass is 10.2. The number of nitrogens with one attached hydrogen (secondary N) is 1. The highest BCUT2D eigenvalue weighted by Crippen LogP contribution is 2.10. The summed E-state index contributed by atoms with van der Waals surface area (Å²) in [6.45, 7) is 2.54. The molecule has 0 aromatic heterocycles. The minimum Gasteiger partial charge on any atom is -0.399 e. The van der Waals surface area contributed by atoms with Gasteiger partial charge in [-0.2, -0.15) is 0 Å². The number of nitrogen functional groups attached to an aromatic ring is 1. The Morgan fingerprint density at radius 1 is 1.38 bits per heavy atom. The van der Waals surface area contributed by atoms with Crippen molar-refractivity contribution in [3.63, 3.8) is 0 Å². The molecule has 1 aromatic carbocycles. The van der Waals surface area contributed by atoms with Gasteiger partial charge < -0.3 is 16.2 Å². The number of benzene rings is 1. The molecule has 0 aliphatic heterocycles. The Kier molecular flexibility index (Phi) is 3.58. The van der Waals surface area contributed by atoms with Gasteiger partial charge in [0.2, 0.25) is 0 Å². The van der Waals surface area contributed by atoms with Crippen molar-refractivity contribution in [3.8, 4) is 0 Å². The summed E-state index contributed by atoms with van der Waals surface area (Å²) in [6, 6.07) is 7.47. The van der Waals surface area contributed by atoms with Gasteiger partial charge in [-0.3, -0.25) is 0 Å². The largest absolute Gasteiger partial charge is 0.399 e. The zero-order chi connectivity index (χ0) is 9.68. The van der Waals surface area contributed by atoms with Crippen molar-refractivity contribution in [2.45, 2.75) is 19.4 Å². The molecule has 1 aromatic rings. The highest BCUT2D eigenvalue weighted by Gasteiger charge is 1.99. The number of rotatable bonds is 4. The SMILES string of the molecule is CCC(O)CNc1ccc(N)cc1. The van der Waals surface area contributed by atoms with Crippen molar-refractivity contribution >= 4 is 11.4 Å². The van der Waals surface area contributed by atoms with E-state index < -0.39 is 0 Å². The molecule has 0 heterocycles. The fourth-order valence-corrected chi connectivity index (χ4v) is 0.981. The van der Waals surface area contributed by atoms with Crippen LogP contribution in [-0.4, -0.2) is 17.8 Å². The van der Waals surface area contributed by atoms with Gasteiger partial charge in [-0.1, -0.05) is 6.92 Å². The molecule has 0 spiro atoms. The summed E-state index contributed by atoms with van der Waals surface area (Å²) in [7, 11) is 0. The molecule has 72 valence electrons. The average Bonchev–Trinajstić information content (AvgIpc) is 2.16. The predicted molar refractivity (Wildman–Crippen MR) is 55.6 cm³/mol. The van der Waals surface area contributed by atoms with Gasteiger partial charge in [0.1, 0.15) is 0 Å². The van der Waals surface area contributed by atoms with E-state index in [4.69, 9.17) is 5.73 Å². The molecule has 3 nitrogen and oxygen atoms in total. The van der Waals surface area contributed by atoms with Gasteiger partial charge in [-0.15, -0.1) is 0 Å². The van der Waals surface area contributed by atoms with E-state index in [0.29, 0.717) is 6.54 Å². The smallest absolute Gasteiger partial charge is 0.0709 e. The molecule has 0 aliphatic carbocycles. The first-order valence-electron chi connectivity index (χ1n) is 4.50. The van der Waals surface area contributed by atoms with Gasteiger partial charge >= 0.3 is 0 Å². The van der Waals surface area contributed by atoms with Gasteiger partial charge in [-0.05, 0) is 30.7 Å². The third kappa shape index (κ3) is 3.34. The minimum atomic E-state index is -0.280. The molecule has 0 radical (unpaired) electrons. The van der Waals surface area contributed by atoms with E-state index in [9.17, 15) is 5.11 Å². The summed E-state index contributed by atoms with van der Waals surface area (Å²) in [4.78, 5) is 0. The third-order valence-electron chi connectivity index (χ3n) is 1.92. The molecule has 1 rings (SSSR count). The first-order chi connectivity index (χ1) is 6.22. The molecule has 0 amide bonds. The highest BCUT2D eigenvalue weighted by atomic mass is 16.3. The highest BCUT2D eigenvalue weighted by molar-refractivity contribution is 5.51. The first-order valence-corrected chi connectivity index (χ1v) is 4.50. The molecule has 4 N–H and O–H groups in total. The van der Waals surface area contributed by atoms with Crippen LogP contribution >= 0.6 is 0 Å². The van der Waals surface area contributed by atoms with E-state index >= 15 is 0 Å². The van der Waals surface area contributed by atoms with Crippen molar-refractivity contribution in [3.05, 3.63) is 24.3 Å². The first kappa shape index (κ1) is 9.86. The van der Waals surface area contributed by atoms with E-state index in [1.807, 2.05) is 31.2 Å². The molecule has 0 fully saturated rings. The zero-order valence-electron chi connectivity index (χ0n) is 7.83. The Hall–Kier alpha value is -1.22. The Morgan fingerprint density at radius 3 is 2.54 bits per heavy atom. The molecule has 13 heavy (non-hydrogen) atoms. The van der Waals surface area contributed by atoms with Crippen molar-refractivity contribution in [1.82, 2.24) is 0 Å². The van der Waals surface area contributed by atoms with E-state index in [-0.39, 0.29) is 6.10 Å². The summed E-state index contributed by atoms with van der Waals surface area (Å²) in [5.41, 5.74) is 7.27. The van der Waals surface area contributed by atoms with Crippen LogP contribution in [0.1, 0.15) is 13.3 Å². The molecule has 0 saturated carbocycles. The van der Waals surface area contributed by atoms with E-state index in [1.54, 1.807) is 0 Å². The lowest BCUT2D eigenvalue weighted by molar-refractivity contribution is 0.183. The van der Waals surface area contributed by atoms with E-state index in [1.165, 1.54) is 0 Å². The summed E-state index contributed by atoms with van der Waals surface area (Å²) < 4.78 is 0. The third-order valence-corrected chi connectivity index (χ3v) is 1.92. The van der Waals surface area contributed by atoms with Gasteiger partial charge in [0.15, 0.2) is 0 Å². The fourth-order valence-electron chi connectivity index (χ4n) is 0.981. The molecule has 0 bridgehead atoms. The molecule has 3 heteroatoms. The van der Waals surface area contributed by atoms with E-state index in [0.717, 1.165) is 17.8 Å². The second-order valence-corrected chi connectivity index (χ2v) is 3.06. The summed E-state index contributed by atoms with van der Waals surface area (Å²) in [5, 5.41) is 12.4. The Labute approximate surface area is 78.6 Å². The van der Waals surface area contributed by atoms with Crippen molar-refractivity contribution < 1.29 is 5.11 Å². The molecular formula is C10H16N2O. The summed E-state index contributed by atoms with van der Waals surface area (Å²) >= 11 is 0.